The third kappa shape index (κ3) is 6.31. The first kappa shape index (κ1) is 43.1. The monoisotopic (exact) mass is 808 g/mol. The first-order chi connectivity index (χ1) is 26.4. The summed E-state index contributed by atoms with van der Waals surface area (Å²) in [4.78, 5) is 39.5. The van der Waals surface area contributed by atoms with Crippen LogP contribution in [0.25, 0.3) is 0 Å². The number of aliphatic hydroxyl groups is 6. The predicted molar refractivity (Wildman–Crippen MR) is 199 cm³/mol. The van der Waals surface area contributed by atoms with E-state index in [1.807, 2.05) is 13.0 Å². The minimum absolute atomic E-state index is 0.00364. The molecule has 0 amide bonds. The fourth-order valence-electron chi connectivity index (χ4n) is 13.4. The second-order valence-electron chi connectivity index (χ2n) is 20.6. The number of carboxylic acid groups (broad SMARTS) is 2. The molecule has 6 fully saturated rings. The van der Waals surface area contributed by atoms with Gasteiger partial charge in [0.2, 0.25) is 0 Å². The number of carbonyl (C=O) groups excluding carboxylic acids is 1. The van der Waals surface area contributed by atoms with Gasteiger partial charge in [0.1, 0.15) is 42.7 Å². The molecule has 2 saturated heterocycles. The van der Waals surface area contributed by atoms with Crippen molar-refractivity contribution in [3.63, 3.8) is 0 Å². The Kier molecular flexibility index (Phi) is 10.8. The largest absolute Gasteiger partial charge is 0.481 e. The van der Waals surface area contributed by atoms with Crippen molar-refractivity contribution < 1.29 is 74.2 Å². The summed E-state index contributed by atoms with van der Waals surface area (Å²) in [5.74, 6) is -2.63. The molecule has 0 aromatic carbocycles. The Bertz CT molecular complexity index is 1650. The van der Waals surface area contributed by atoms with Gasteiger partial charge in [-0.15, -0.1) is 0 Å². The van der Waals surface area contributed by atoms with Gasteiger partial charge in [-0.3, -0.25) is 9.59 Å². The molecule has 0 aromatic heterocycles. The molecular weight excluding hydrogens is 744 g/mol. The topological polar surface area (TPSA) is 250 Å². The lowest BCUT2D eigenvalue weighted by molar-refractivity contribution is -0.374. The zero-order chi connectivity index (χ0) is 42.0. The molecule has 15 nitrogen and oxygen atoms in total. The summed E-state index contributed by atoms with van der Waals surface area (Å²) >= 11 is 0. The van der Waals surface area contributed by atoms with Gasteiger partial charge in [-0.05, 0) is 110 Å². The summed E-state index contributed by atoms with van der Waals surface area (Å²) < 4.78 is 23.8. The number of aliphatic carboxylic acids is 2. The molecule has 2 aliphatic heterocycles. The van der Waals surface area contributed by atoms with Gasteiger partial charge in [-0.25, -0.2) is 4.79 Å². The van der Waals surface area contributed by atoms with E-state index in [9.17, 15) is 55.2 Å². The molecule has 19 atom stereocenters. The molecule has 4 saturated carbocycles. The number of allylic oxidation sites excluding steroid dienone is 2. The molecule has 0 unspecified atom stereocenters. The molecule has 7 rings (SSSR count). The normalized spacial score (nSPS) is 53.4. The summed E-state index contributed by atoms with van der Waals surface area (Å²) in [7, 11) is 0. The van der Waals surface area contributed by atoms with Crippen LogP contribution >= 0.6 is 0 Å². The molecule has 7 aliphatic rings. The molecule has 0 radical (unpaired) electrons. The average Bonchev–Trinajstić information content (AvgIpc) is 3.13. The quantitative estimate of drug-likeness (QED) is 0.172. The van der Waals surface area contributed by atoms with E-state index in [4.69, 9.17) is 18.9 Å². The molecule has 0 spiro atoms. The second-order valence-corrected chi connectivity index (χ2v) is 20.6. The first-order valence-corrected chi connectivity index (χ1v) is 20.8. The SMILES string of the molecule is CC1(C)[C@@H](O[C@@H]2O[C@H](C(=O)O)[C@@H](O)[C@H](O)[C@H]2O[C@@H]2O[C@H](CO)[C@H](O)[C@H](O)[C@H]2O)CC[C@]2(C)[C@H]3C(=O)C=C4[C@@H]5C[C@@](C)(C(=O)O)CC[C@]5(C)CC[C@@]4(C)[C@]3(C)CC[C@@H]12. The van der Waals surface area contributed by atoms with E-state index in [0.717, 1.165) is 37.7 Å². The van der Waals surface area contributed by atoms with Crippen molar-refractivity contribution in [3.05, 3.63) is 11.6 Å². The van der Waals surface area contributed by atoms with Crippen LogP contribution in [-0.4, -0.2) is 133 Å². The Morgan fingerprint density at radius 3 is 2.07 bits per heavy atom. The van der Waals surface area contributed by atoms with Gasteiger partial charge in [0.15, 0.2) is 24.5 Å². The highest BCUT2D eigenvalue weighted by atomic mass is 16.8. The maximum absolute atomic E-state index is 14.8. The smallest absolute Gasteiger partial charge is 0.335 e. The van der Waals surface area contributed by atoms with Crippen molar-refractivity contribution in [2.75, 3.05) is 6.61 Å². The number of rotatable bonds is 7. The van der Waals surface area contributed by atoms with Crippen molar-refractivity contribution in [1.29, 1.82) is 0 Å². The zero-order valence-corrected chi connectivity index (χ0v) is 34.2. The van der Waals surface area contributed by atoms with E-state index in [-0.39, 0.29) is 34.4 Å². The Labute approximate surface area is 333 Å². The number of ketones is 1. The van der Waals surface area contributed by atoms with E-state index in [1.54, 1.807) is 0 Å². The van der Waals surface area contributed by atoms with E-state index in [1.165, 1.54) is 0 Å². The maximum atomic E-state index is 14.8. The van der Waals surface area contributed by atoms with Gasteiger partial charge in [0, 0.05) is 5.92 Å². The number of ether oxygens (including phenoxy) is 4. The molecule has 0 bridgehead atoms. The standard InChI is InChI=1S/C42H64O15/c1-37(2)23-8-11-42(7)32(21(44)16-19-20-17-39(4,36(52)53)13-12-38(20,3)14-15-41(19,42)6)40(23,5)10-9-24(37)55-35-31(28(48)27(47)30(56-35)33(50)51)57-34-29(49)26(46)25(45)22(18-43)54-34/h16,20,22-32,34-35,43,45-49H,8-15,17-18H2,1-7H3,(H,50,51)(H,52,53)/t20-,22+,23-,24-,25-,26-,27-,28-,29+,30-,31+,32+,34-,35+,38+,39-,40-,41+,42+/m0/s1. The first-order valence-electron chi connectivity index (χ1n) is 20.8. The van der Waals surface area contributed by atoms with Crippen LogP contribution in [0.5, 0.6) is 0 Å². The van der Waals surface area contributed by atoms with Gasteiger partial charge in [-0.2, -0.15) is 0 Å². The summed E-state index contributed by atoms with van der Waals surface area (Å²) in [5, 5.41) is 83.3. The van der Waals surface area contributed by atoms with Crippen LogP contribution in [0.2, 0.25) is 0 Å². The highest BCUT2D eigenvalue weighted by Gasteiger charge is 2.71. The van der Waals surface area contributed by atoms with Gasteiger partial charge < -0.3 is 59.8 Å². The number of fused-ring (bicyclic) bond motifs is 7. The van der Waals surface area contributed by atoms with Crippen LogP contribution in [0.15, 0.2) is 11.6 Å². The Morgan fingerprint density at radius 1 is 0.772 bits per heavy atom. The summed E-state index contributed by atoms with van der Waals surface area (Å²) in [6.07, 6.45) is -9.82. The van der Waals surface area contributed by atoms with Crippen molar-refractivity contribution in [3.8, 4) is 0 Å². The van der Waals surface area contributed by atoms with E-state index in [2.05, 4.69) is 41.5 Å². The lowest BCUT2D eigenvalue weighted by atomic mass is 9.33. The van der Waals surface area contributed by atoms with Gasteiger partial charge in [0.05, 0.1) is 18.1 Å². The van der Waals surface area contributed by atoms with Gasteiger partial charge in [-0.1, -0.05) is 47.1 Å². The summed E-state index contributed by atoms with van der Waals surface area (Å²) in [6, 6.07) is 0. The Hall–Kier alpha value is -2.05. The minimum atomic E-state index is -1.98. The number of carbonyl (C=O) groups is 3. The fourth-order valence-corrected chi connectivity index (χ4v) is 13.4. The lowest BCUT2D eigenvalue weighted by Crippen LogP contribution is -2.68. The predicted octanol–water partition coefficient (Wildman–Crippen LogP) is 2.15. The van der Waals surface area contributed by atoms with Crippen LogP contribution in [0.4, 0.5) is 0 Å². The van der Waals surface area contributed by atoms with Gasteiger partial charge in [0.25, 0.3) is 0 Å². The highest BCUT2D eigenvalue weighted by molar-refractivity contribution is 5.95. The highest BCUT2D eigenvalue weighted by Crippen LogP contribution is 2.75. The molecule has 15 heteroatoms. The van der Waals surface area contributed by atoms with Crippen LogP contribution in [-0.2, 0) is 33.3 Å². The molecule has 2 heterocycles. The molecule has 0 aromatic rings. The Balaban J connectivity index is 1.17. The number of aliphatic hydroxyl groups excluding tert-OH is 6. The van der Waals surface area contributed by atoms with Gasteiger partial charge >= 0.3 is 11.9 Å². The van der Waals surface area contributed by atoms with Crippen LogP contribution in [0.1, 0.15) is 106 Å². The molecule has 8 N–H and O–H groups in total. The Morgan fingerprint density at radius 2 is 1.44 bits per heavy atom. The fraction of sp³-hybridized carbons (Fsp3) is 0.881. The number of hydrogen-bond donors (Lipinski definition) is 8. The number of carboxylic acids is 2. The van der Waals surface area contributed by atoms with Crippen molar-refractivity contribution in [2.24, 2.45) is 50.2 Å². The lowest BCUT2D eigenvalue weighted by Gasteiger charge is -2.70. The van der Waals surface area contributed by atoms with Crippen LogP contribution < -0.4 is 0 Å². The molecule has 57 heavy (non-hydrogen) atoms. The molecule has 322 valence electrons. The number of hydrogen-bond acceptors (Lipinski definition) is 13. The maximum Gasteiger partial charge on any atom is 0.335 e. The van der Waals surface area contributed by atoms with E-state index >= 15 is 0 Å². The summed E-state index contributed by atoms with van der Waals surface area (Å²) in [6.45, 7) is 14.3. The average molecular weight is 809 g/mol. The van der Waals surface area contributed by atoms with E-state index in [0.29, 0.717) is 25.7 Å². The van der Waals surface area contributed by atoms with Crippen LogP contribution in [0, 0.1) is 50.2 Å². The van der Waals surface area contributed by atoms with Crippen LogP contribution in [0.3, 0.4) is 0 Å². The van der Waals surface area contributed by atoms with Crippen molar-refractivity contribution in [1.82, 2.24) is 0 Å². The van der Waals surface area contributed by atoms with Crippen molar-refractivity contribution in [2.45, 2.75) is 174 Å². The third-order valence-electron chi connectivity index (χ3n) is 17.3. The molecule has 5 aliphatic carbocycles. The third-order valence-corrected chi connectivity index (χ3v) is 17.3. The zero-order valence-electron chi connectivity index (χ0n) is 34.2. The summed E-state index contributed by atoms with van der Waals surface area (Å²) in [5.41, 5.74) is -1.63. The molecular formula is C42H64O15. The van der Waals surface area contributed by atoms with E-state index < -0.39 is 108 Å². The second kappa shape index (κ2) is 14.3. The van der Waals surface area contributed by atoms with Crippen molar-refractivity contribution >= 4 is 17.7 Å². The minimum Gasteiger partial charge on any atom is -0.481 e.